The maximum Gasteiger partial charge on any atom is 0.237 e. The van der Waals surface area contributed by atoms with E-state index in [0.717, 1.165) is 37.6 Å². The Balaban J connectivity index is 2.19. The third kappa shape index (κ3) is 4.74. The van der Waals surface area contributed by atoms with Crippen molar-refractivity contribution in [2.45, 2.75) is 38.6 Å². The molecule has 1 rings (SSSR count). The predicted octanol–water partition coefficient (Wildman–Crippen LogP) is 1.63. The van der Waals surface area contributed by atoms with Crippen LogP contribution in [0, 0.1) is 5.92 Å². The number of hydrogen-bond acceptors (Lipinski definition) is 3. The highest BCUT2D eigenvalue weighted by Gasteiger charge is 2.25. The zero-order chi connectivity index (χ0) is 11.8. The molecule has 1 heterocycles. The van der Waals surface area contributed by atoms with Crippen LogP contribution in [0.3, 0.4) is 0 Å². The van der Waals surface area contributed by atoms with Crippen LogP contribution >= 0.6 is 11.8 Å². The molecule has 0 aromatic heterocycles. The van der Waals surface area contributed by atoms with E-state index in [9.17, 15) is 4.79 Å². The lowest BCUT2D eigenvalue weighted by Crippen LogP contribution is -2.48. The van der Waals surface area contributed by atoms with Gasteiger partial charge in [-0.15, -0.1) is 0 Å². The van der Waals surface area contributed by atoms with Crippen LogP contribution in [0.4, 0.5) is 0 Å². The van der Waals surface area contributed by atoms with E-state index in [1.165, 1.54) is 12.8 Å². The number of carbonyl (C=O) groups excluding carboxylic acids is 1. The maximum atomic E-state index is 11.8. The van der Waals surface area contributed by atoms with Gasteiger partial charge in [0.25, 0.3) is 0 Å². The quantitative estimate of drug-likeness (QED) is 0.698. The molecule has 1 fully saturated rings. The number of rotatable bonds is 6. The molecular formula is C12H24N2OS. The van der Waals surface area contributed by atoms with Crippen molar-refractivity contribution in [1.29, 1.82) is 0 Å². The molecule has 0 spiro atoms. The van der Waals surface area contributed by atoms with Crippen LogP contribution in [0.25, 0.3) is 0 Å². The molecule has 0 aromatic carbocycles. The largest absolute Gasteiger partial charge is 0.355 e. The minimum Gasteiger partial charge on any atom is -0.355 e. The fourth-order valence-corrected chi connectivity index (χ4v) is 2.55. The van der Waals surface area contributed by atoms with Gasteiger partial charge in [0.15, 0.2) is 0 Å². The van der Waals surface area contributed by atoms with E-state index in [1.54, 1.807) is 0 Å². The van der Waals surface area contributed by atoms with Crippen molar-refractivity contribution < 1.29 is 4.79 Å². The van der Waals surface area contributed by atoms with Crippen LogP contribution in [-0.4, -0.2) is 37.0 Å². The number of piperidine rings is 1. The Bertz CT molecular complexity index is 211. The summed E-state index contributed by atoms with van der Waals surface area (Å²) < 4.78 is 0. The van der Waals surface area contributed by atoms with Crippen molar-refractivity contribution >= 4 is 17.7 Å². The summed E-state index contributed by atoms with van der Waals surface area (Å²) in [4.78, 5) is 11.8. The van der Waals surface area contributed by atoms with E-state index >= 15 is 0 Å². The highest BCUT2D eigenvalue weighted by molar-refractivity contribution is 7.98. The lowest BCUT2D eigenvalue weighted by molar-refractivity contribution is -0.124. The monoisotopic (exact) mass is 244 g/mol. The topological polar surface area (TPSA) is 41.1 Å². The molecule has 0 aromatic rings. The van der Waals surface area contributed by atoms with Crippen molar-refractivity contribution in [2.75, 3.05) is 25.1 Å². The van der Waals surface area contributed by atoms with E-state index in [0.29, 0.717) is 0 Å². The van der Waals surface area contributed by atoms with Gasteiger partial charge >= 0.3 is 0 Å². The lowest BCUT2D eigenvalue weighted by atomic mass is 9.90. The van der Waals surface area contributed by atoms with Crippen molar-refractivity contribution in [1.82, 2.24) is 10.6 Å². The normalized spacial score (nSPS) is 25.4. The average molecular weight is 244 g/mol. The fraction of sp³-hybridized carbons (Fsp3) is 0.917. The first-order valence-corrected chi connectivity index (χ1v) is 7.67. The molecular weight excluding hydrogens is 220 g/mol. The molecule has 0 bridgehead atoms. The molecule has 1 aliphatic rings. The van der Waals surface area contributed by atoms with Gasteiger partial charge in [0.1, 0.15) is 0 Å². The van der Waals surface area contributed by atoms with Gasteiger partial charge in [-0.05, 0) is 43.7 Å². The Morgan fingerprint density at radius 2 is 2.38 bits per heavy atom. The highest BCUT2D eigenvalue weighted by Crippen LogP contribution is 2.19. The smallest absolute Gasteiger partial charge is 0.237 e. The van der Waals surface area contributed by atoms with Gasteiger partial charge in [0.05, 0.1) is 6.04 Å². The molecule has 2 N–H and O–H groups in total. The summed E-state index contributed by atoms with van der Waals surface area (Å²) in [7, 11) is 0. The summed E-state index contributed by atoms with van der Waals surface area (Å²) in [6.07, 6.45) is 6.57. The molecule has 16 heavy (non-hydrogen) atoms. The third-order valence-corrected chi connectivity index (χ3v) is 3.93. The Labute approximate surface area is 103 Å². The Morgan fingerprint density at radius 3 is 3.06 bits per heavy atom. The zero-order valence-electron chi connectivity index (χ0n) is 10.4. The van der Waals surface area contributed by atoms with Gasteiger partial charge in [-0.25, -0.2) is 0 Å². The highest BCUT2D eigenvalue weighted by atomic mass is 32.2. The minimum atomic E-state index is 0.0491. The maximum absolute atomic E-state index is 11.8. The lowest BCUT2D eigenvalue weighted by Gasteiger charge is -2.28. The van der Waals surface area contributed by atoms with Crippen molar-refractivity contribution in [3.8, 4) is 0 Å². The van der Waals surface area contributed by atoms with Gasteiger partial charge in [0.2, 0.25) is 5.91 Å². The first-order valence-electron chi connectivity index (χ1n) is 6.28. The molecule has 0 saturated carbocycles. The Hall–Kier alpha value is -0.220. The molecule has 1 aliphatic heterocycles. The van der Waals surface area contributed by atoms with E-state index in [1.807, 2.05) is 11.8 Å². The van der Waals surface area contributed by atoms with E-state index in [4.69, 9.17) is 0 Å². The van der Waals surface area contributed by atoms with Crippen molar-refractivity contribution in [2.24, 2.45) is 5.92 Å². The van der Waals surface area contributed by atoms with E-state index < -0.39 is 0 Å². The standard InChI is InChI=1S/C12H24N2OS/c1-3-10-5-7-13-11(9-10)12(15)14-6-4-8-16-2/h10-11,13H,3-9H2,1-2H3,(H,14,15). The van der Waals surface area contributed by atoms with Crippen LogP contribution in [0.1, 0.15) is 32.6 Å². The Kier molecular flexibility index (Phi) is 6.88. The first kappa shape index (κ1) is 13.8. The summed E-state index contributed by atoms with van der Waals surface area (Å²) in [6, 6.07) is 0.0491. The van der Waals surface area contributed by atoms with Gasteiger partial charge in [-0.1, -0.05) is 13.3 Å². The van der Waals surface area contributed by atoms with Gasteiger partial charge in [-0.2, -0.15) is 11.8 Å². The summed E-state index contributed by atoms with van der Waals surface area (Å²) in [5.74, 6) is 2.04. The van der Waals surface area contributed by atoms with E-state index in [2.05, 4.69) is 23.8 Å². The predicted molar refractivity (Wildman–Crippen MR) is 70.8 cm³/mol. The van der Waals surface area contributed by atoms with Crippen LogP contribution in [-0.2, 0) is 4.79 Å². The molecule has 3 nitrogen and oxygen atoms in total. The first-order chi connectivity index (χ1) is 7.77. The van der Waals surface area contributed by atoms with Gasteiger partial charge in [0, 0.05) is 6.54 Å². The summed E-state index contributed by atoms with van der Waals surface area (Å²) in [5, 5.41) is 6.32. The molecule has 1 amide bonds. The second kappa shape index (κ2) is 7.96. The third-order valence-electron chi connectivity index (χ3n) is 3.23. The summed E-state index contributed by atoms with van der Waals surface area (Å²) in [6.45, 7) is 4.01. The van der Waals surface area contributed by atoms with Crippen LogP contribution in [0.15, 0.2) is 0 Å². The number of amides is 1. The summed E-state index contributed by atoms with van der Waals surface area (Å²) in [5.41, 5.74) is 0. The number of nitrogens with one attached hydrogen (secondary N) is 2. The van der Waals surface area contributed by atoms with Crippen molar-refractivity contribution in [3.63, 3.8) is 0 Å². The molecule has 2 unspecified atom stereocenters. The second-order valence-corrected chi connectivity index (χ2v) is 5.43. The molecule has 0 radical (unpaired) electrons. The molecule has 2 atom stereocenters. The van der Waals surface area contributed by atoms with Gasteiger partial charge < -0.3 is 10.6 Å². The minimum absolute atomic E-state index is 0.0491. The number of carbonyl (C=O) groups is 1. The molecule has 1 saturated heterocycles. The van der Waals surface area contributed by atoms with Gasteiger partial charge in [-0.3, -0.25) is 4.79 Å². The fourth-order valence-electron chi connectivity index (χ4n) is 2.12. The zero-order valence-corrected chi connectivity index (χ0v) is 11.2. The number of hydrogen-bond donors (Lipinski definition) is 2. The number of thioether (sulfide) groups is 1. The van der Waals surface area contributed by atoms with Crippen LogP contribution in [0.5, 0.6) is 0 Å². The molecule has 0 aliphatic carbocycles. The summed E-state index contributed by atoms with van der Waals surface area (Å²) >= 11 is 1.83. The average Bonchev–Trinajstić information content (AvgIpc) is 2.34. The van der Waals surface area contributed by atoms with Crippen molar-refractivity contribution in [3.05, 3.63) is 0 Å². The second-order valence-electron chi connectivity index (χ2n) is 4.44. The van der Waals surface area contributed by atoms with Crippen LogP contribution < -0.4 is 10.6 Å². The van der Waals surface area contributed by atoms with Crippen LogP contribution in [0.2, 0.25) is 0 Å². The SMILES string of the molecule is CCC1CCNC(C(=O)NCCCSC)C1. The van der Waals surface area contributed by atoms with E-state index in [-0.39, 0.29) is 11.9 Å². The Morgan fingerprint density at radius 1 is 1.56 bits per heavy atom. The molecule has 4 heteroatoms. The molecule has 94 valence electrons.